The van der Waals surface area contributed by atoms with Crippen LogP contribution in [0.2, 0.25) is 0 Å². The monoisotopic (exact) mass is 1230 g/mol. The van der Waals surface area contributed by atoms with E-state index < -0.39 is 97.5 Å². The predicted molar refractivity (Wildman–Crippen MR) is 331 cm³/mol. The van der Waals surface area contributed by atoms with Crippen LogP contribution in [0.4, 0.5) is 0 Å². The van der Waals surface area contributed by atoms with E-state index in [9.17, 15) is 43.2 Å². The van der Waals surface area contributed by atoms with Gasteiger partial charge in [0.25, 0.3) is 0 Å². The lowest BCUT2D eigenvalue weighted by molar-refractivity contribution is -0.161. The molecular formula is C64H124O17P2. The van der Waals surface area contributed by atoms with Gasteiger partial charge in [-0.3, -0.25) is 37.3 Å². The molecule has 3 N–H and O–H groups in total. The summed E-state index contributed by atoms with van der Waals surface area (Å²) in [6.45, 7) is 13.9. The van der Waals surface area contributed by atoms with Gasteiger partial charge in [0.1, 0.15) is 19.3 Å². The highest BCUT2D eigenvalue weighted by atomic mass is 31.2. The first-order valence-corrected chi connectivity index (χ1v) is 36.3. The van der Waals surface area contributed by atoms with Crippen LogP contribution in [0.3, 0.4) is 0 Å². The minimum Gasteiger partial charge on any atom is -0.462 e. The molecule has 0 aromatic rings. The molecule has 0 aromatic heterocycles. The molecule has 0 saturated heterocycles. The van der Waals surface area contributed by atoms with E-state index in [2.05, 4.69) is 55.4 Å². The number of carbonyl (C=O) groups excluding carboxylic acids is 4. The summed E-state index contributed by atoms with van der Waals surface area (Å²) in [4.78, 5) is 72.2. The van der Waals surface area contributed by atoms with Crippen molar-refractivity contribution in [3.05, 3.63) is 0 Å². The lowest BCUT2D eigenvalue weighted by Gasteiger charge is -2.21. The van der Waals surface area contributed by atoms with Crippen LogP contribution in [0, 0.1) is 23.7 Å². The number of phosphoric acid groups is 2. The van der Waals surface area contributed by atoms with Crippen LogP contribution in [-0.2, 0) is 65.4 Å². The molecule has 0 bridgehead atoms. The van der Waals surface area contributed by atoms with Crippen molar-refractivity contribution in [3.8, 4) is 0 Å². The highest BCUT2D eigenvalue weighted by molar-refractivity contribution is 7.47. The summed E-state index contributed by atoms with van der Waals surface area (Å²) in [6.07, 6.45) is 33.6. The Morgan fingerprint density at radius 2 is 0.578 bits per heavy atom. The second-order valence-corrected chi connectivity index (χ2v) is 27.3. The van der Waals surface area contributed by atoms with Crippen molar-refractivity contribution in [1.29, 1.82) is 0 Å². The normalized spacial score (nSPS) is 15.4. The number of hydrogen-bond acceptors (Lipinski definition) is 15. The smallest absolute Gasteiger partial charge is 0.462 e. The van der Waals surface area contributed by atoms with Gasteiger partial charge in [-0.25, -0.2) is 9.13 Å². The third-order valence-corrected chi connectivity index (χ3v) is 17.6. The topological polar surface area (TPSA) is 237 Å². The third-order valence-electron chi connectivity index (χ3n) is 15.7. The summed E-state index contributed by atoms with van der Waals surface area (Å²) in [6, 6.07) is 0. The van der Waals surface area contributed by atoms with Crippen molar-refractivity contribution in [2.24, 2.45) is 23.7 Å². The second kappa shape index (κ2) is 54.2. The zero-order chi connectivity index (χ0) is 61.8. The van der Waals surface area contributed by atoms with Crippen LogP contribution in [0.1, 0.15) is 306 Å². The van der Waals surface area contributed by atoms with Crippen LogP contribution in [0.5, 0.6) is 0 Å². The molecule has 492 valence electrons. The Bertz CT molecular complexity index is 1670. The number of unbranched alkanes of at least 4 members (excludes halogenated alkanes) is 24. The fraction of sp³-hybridized carbons (Fsp3) is 0.938. The summed E-state index contributed by atoms with van der Waals surface area (Å²) < 4.78 is 68.0. The fourth-order valence-corrected chi connectivity index (χ4v) is 10.9. The maximum Gasteiger partial charge on any atom is 0.472 e. The molecule has 0 rings (SSSR count). The Balaban J connectivity index is 5.26. The van der Waals surface area contributed by atoms with E-state index in [-0.39, 0.29) is 25.7 Å². The predicted octanol–water partition coefficient (Wildman–Crippen LogP) is 17.4. The Morgan fingerprint density at radius 1 is 0.337 bits per heavy atom. The lowest BCUT2D eigenvalue weighted by atomic mass is 9.99. The molecule has 0 radical (unpaired) electrons. The van der Waals surface area contributed by atoms with Gasteiger partial charge in [-0.15, -0.1) is 0 Å². The van der Waals surface area contributed by atoms with E-state index in [1.807, 2.05) is 0 Å². The first-order valence-electron chi connectivity index (χ1n) is 33.3. The maximum absolute atomic E-state index is 13.0. The molecule has 0 aliphatic carbocycles. The number of hydrogen-bond donors (Lipinski definition) is 3. The number of rotatable bonds is 61. The molecule has 0 fully saturated rings. The number of aliphatic hydroxyl groups is 1. The fourth-order valence-electron chi connectivity index (χ4n) is 9.33. The zero-order valence-corrected chi connectivity index (χ0v) is 55.6. The Hall–Kier alpha value is -1.94. The van der Waals surface area contributed by atoms with E-state index in [1.165, 1.54) is 96.3 Å². The average molecular weight is 1230 g/mol. The SMILES string of the molecule is CCC(C)CCCCCCCCCCCCC(=O)O[C@H](COC(=O)CCCCCCCCC(C)C)COP(=O)(O)OC[C@H](O)COP(=O)(O)OC[C@@H](COC(=O)CCCCCCCCC(C)CC)OC(=O)CCCCCCCCC(C)CC. The van der Waals surface area contributed by atoms with Crippen LogP contribution in [0.15, 0.2) is 0 Å². The van der Waals surface area contributed by atoms with Crippen molar-refractivity contribution in [3.63, 3.8) is 0 Å². The van der Waals surface area contributed by atoms with Gasteiger partial charge in [-0.05, 0) is 49.4 Å². The van der Waals surface area contributed by atoms with Gasteiger partial charge in [0, 0.05) is 25.7 Å². The zero-order valence-electron chi connectivity index (χ0n) is 53.8. The highest BCUT2D eigenvalue weighted by Crippen LogP contribution is 2.45. The summed E-state index contributed by atoms with van der Waals surface area (Å²) >= 11 is 0. The van der Waals surface area contributed by atoms with E-state index in [0.29, 0.717) is 31.6 Å². The molecule has 0 aromatic carbocycles. The molecule has 19 heteroatoms. The molecule has 0 amide bonds. The largest absolute Gasteiger partial charge is 0.472 e. The summed E-state index contributed by atoms with van der Waals surface area (Å²) in [7, 11) is -9.89. The molecule has 8 atom stereocenters. The van der Waals surface area contributed by atoms with Gasteiger partial charge in [-0.2, -0.15) is 0 Å². The molecule has 5 unspecified atom stereocenters. The minimum absolute atomic E-state index is 0.101. The Morgan fingerprint density at radius 3 is 0.855 bits per heavy atom. The molecule has 0 saturated carbocycles. The summed E-state index contributed by atoms with van der Waals surface area (Å²) in [5, 5.41) is 10.5. The molecule has 0 aliphatic rings. The number of carbonyl (C=O) groups is 4. The van der Waals surface area contributed by atoms with E-state index in [1.54, 1.807) is 0 Å². The van der Waals surface area contributed by atoms with Gasteiger partial charge >= 0.3 is 39.5 Å². The van der Waals surface area contributed by atoms with Gasteiger partial charge in [0.2, 0.25) is 0 Å². The van der Waals surface area contributed by atoms with E-state index >= 15 is 0 Å². The van der Waals surface area contributed by atoms with Gasteiger partial charge in [-0.1, -0.05) is 254 Å². The Labute approximate surface area is 505 Å². The number of aliphatic hydroxyl groups excluding tert-OH is 1. The van der Waals surface area contributed by atoms with Crippen molar-refractivity contribution < 1.29 is 80.2 Å². The number of ether oxygens (including phenoxy) is 4. The minimum atomic E-state index is -4.95. The van der Waals surface area contributed by atoms with Crippen LogP contribution in [0.25, 0.3) is 0 Å². The van der Waals surface area contributed by atoms with Crippen LogP contribution in [-0.4, -0.2) is 96.7 Å². The molecule has 17 nitrogen and oxygen atoms in total. The summed E-state index contributed by atoms with van der Waals surface area (Å²) in [5.41, 5.74) is 0. The van der Waals surface area contributed by atoms with Crippen LogP contribution < -0.4 is 0 Å². The standard InChI is InChI=1S/C64H124O17P2/c1-9-55(6)41-33-25-16-14-12-13-15-17-30-38-46-63(68)80-59(50-74-61(66)44-36-28-21-18-24-32-40-54(4)5)52-78-82(70,71)76-48-58(65)49-77-83(72,73)79-53-60(81-64(69)47-39-31-23-20-27-35-43-57(8)11-3)51-75-62(67)45-37-29-22-19-26-34-42-56(7)10-2/h54-60,65H,9-53H2,1-8H3,(H,70,71)(H,72,73)/t55?,56?,57?,58-,59+,60+/m0/s1. The van der Waals surface area contributed by atoms with Crippen LogP contribution >= 0.6 is 15.6 Å². The second-order valence-electron chi connectivity index (χ2n) is 24.4. The highest BCUT2D eigenvalue weighted by Gasteiger charge is 2.30. The average Bonchev–Trinajstić information content (AvgIpc) is 3.48. The third kappa shape index (κ3) is 55.1. The maximum atomic E-state index is 13.0. The van der Waals surface area contributed by atoms with E-state index in [4.69, 9.17) is 37.0 Å². The first-order chi connectivity index (χ1) is 39.7. The van der Waals surface area contributed by atoms with Gasteiger partial charge in [0.05, 0.1) is 26.4 Å². The van der Waals surface area contributed by atoms with Gasteiger partial charge < -0.3 is 33.8 Å². The Kier molecular flexibility index (Phi) is 53.0. The lowest BCUT2D eigenvalue weighted by Crippen LogP contribution is -2.30. The first kappa shape index (κ1) is 81.1. The van der Waals surface area contributed by atoms with Crippen molar-refractivity contribution in [2.45, 2.75) is 324 Å². The van der Waals surface area contributed by atoms with Crippen molar-refractivity contribution in [1.82, 2.24) is 0 Å². The number of phosphoric ester groups is 2. The summed E-state index contributed by atoms with van der Waals surface area (Å²) in [5.74, 6) is 0.790. The van der Waals surface area contributed by atoms with Crippen molar-refractivity contribution >= 4 is 39.5 Å². The molecule has 0 aliphatic heterocycles. The molecule has 83 heavy (non-hydrogen) atoms. The number of esters is 4. The quantitative estimate of drug-likeness (QED) is 0.0222. The molecule has 0 spiro atoms. The van der Waals surface area contributed by atoms with Crippen molar-refractivity contribution in [2.75, 3.05) is 39.6 Å². The molecule has 0 heterocycles. The van der Waals surface area contributed by atoms with Gasteiger partial charge in [0.15, 0.2) is 12.2 Å². The van der Waals surface area contributed by atoms with E-state index in [0.717, 1.165) is 120 Å². The molecular weight excluding hydrogens is 1100 g/mol.